The highest BCUT2D eigenvalue weighted by molar-refractivity contribution is 14.1. The predicted molar refractivity (Wildman–Crippen MR) is 64.7 cm³/mol. The first-order valence-electron chi connectivity index (χ1n) is 4.62. The van der Waals surface area contributed by atoms with E-state index in [9.17, 15) is 9.59 Å². The molecule has 4 heteroatoms. The largest absolute Gasteiger partial charge is 0.427 e. The van der Waals surface area contributed by atoms with E-state index in [2.05, 4.69) is 22.6 Å². The molecule has 0 saturated carbocycles. The molecule has 3 nitrogen and oxygen atoms in total. The van der Waals surface area contributed by atoms with E-state index in [0.717, 1.165) is 9.86 Å². The fourth-order valence-electron chi connectivity index (χ4n) is 1.01. The number of unbranched alkanes of at least 4 members (excludes halogenated alkanes) is 1. The second kappa shape index (κ2) is 6.55. The van der Waals surface area contributed by atoms with Crippen molar-refractivity contribution in [3.05, 3.63) is 27.8 Å². The van der Waals surface area contributed by atoms with Crippen molar-refractivity contribution < 1.29 is 14.3 Å². The van der Waals surface area contributed by atoms with Crippen molar-refractivity contribution in [3.63, 3.8) is 0 Å². The Bertz CT molecular complexity index is 332. The summed E-state index contributed by atoms with van der Waals surface area (Å²) in [5.74, 6) is 0.254. The van der Waals surface area contributed by atoms with Gasteiger partial charge in [0.15, 0.2) is 0 Å². The van der Waals surface area contributed by atoms with Gasteiger partial charge in [-0.25, -0.2) is 0 Å². The molecule has 0 saturated heterocycles. The van der Waals surface area contributed by atoms with Crippen molar-refractivity contribution in [3.8, 4) is 5.75 Å². The number of aldehydes is 1. The zero-order valence-corrected chi connectivity index (χ0v) is 10.3. The summed E-state index contributed by atoms with van der Waals surface area (Å²) in [6.45, 7) is 0. The smallest absolute Gasteiger partial charge is 0.311 e. The zero-order valence-electron chi connectivity index (χ0n) is 8.11. The third-order valence-corrected chi connectivity index (χ3v) is 2.47. The van der Waals surface area contributed by atoms with Gasteiger partial charge in [-0.05, 0) is 53.3 Å². The van der Waals surface area contributed by atoms with Gasteiger partial charge in [0, 0.05) is 16.4 Å². The molecule has 0 N–H and O–H groups in total. The van der Waals surface area contributed by atoms with Crippen LogP contribution in [0.4, 0.5) is 0 Å². The summed E-state index contributed by atoms with van der Waals surface area (Å²) in [6.07, 6.45) is 2.04. The number of halogens is 1. The van der Waals surface area contributed by atoms with E-state index in [-0.39, 0.29) is 12.4 Å². The van der Waals surface area contributed by atoms with E-state index in [0.29, 0.717) is 18.6 Å². The first-order chi connectivity index (χ1) is 7.22. The molecule has 80 valence electrons. The van der Waals surface area contributed by atoms with Crippen LogP contribution in [-0.4, -0.2) is 12.3 Å². The Hall–Kier alpha value is -0.910. The van der Waals surface area contributed by atoms with Crippen LogP contribution in [0.2, 0.25) is 0 Å². The number of hydrogen-bond acceptors (Lipinski definition) is 3. The lowest BCUT2D eigenvalue weighted by Crippen LogP contribution is -2.07. The van der Waals surface area contributed by atoms with Crippen molar-refractivity contribution >= 4 is 34.8 Å². The van der Waals surface area contributed by atoms with E-state index in [1.807, 2.05) is 12.1 Å². The molecule has 0 heterocycles. The summed E-state index contributed by atoms with van der Waals surface area (Å²) in [6, 6.07) is 7.24. The summed E-state index contributed by atoms with van der Waals surface area (Å²) in [4.78, 5) is 21.3. The zero-order chi connectivity index (χ0) is 11.1. The molecule has 1 rings (SSSR count). The van der Waals surface area contributed by atoms with Crippen molar-refractivity contribution in [1.82, 2.24) is 0 Å². The van der Waals surface area contributed by atoms with Crippen LogP contribution in [0.15, 0.2) is 24.3 Å². The minimum absolute atomic E-state index is 0.282. The number of benzene rings is 1. The topological polar surface area (TPSA) is 43.4 Å². The van der Waals surface area contributed by atoms with Crippen molar-refractivity contribution in [2.75, 3.05) is 0 Å². The molecular formula is C11H11IO3. The number of hydrogen-bond donors (Lipinski definition) is 0. The molecule has 0 fully saturated rings. The predicted octanol–water partition coefficient (Wildman–Crippen LogP) is 2.57. The number of carbonyl (C=O) groups excluding carboxylic acids is 2. The molecule has 0 amide bonds. The van der Waals surface area contributed by atoms with Gasteiger partial charge in [-0.3, -0.25) is 4.79 Å². The highest BCUT2D eigenvalue weighted by Crippen LogP contribution is 2.14. The quantitative estimate of drug-likeness (QED) is 0.275. The van der Waals surface area contributed by atoms with Crippen LogP contribution < -0.4 is 4.74 Å². The molecule has 0 spiro atoms. The normalized spacial score (nSPS) is 9.67. The lowest BCUT2D eigenvalue weighted by molar-refractivity contribution is -0.134. The van der Waals surface area contributed by atoms with Crippen molar-refractivity contribution in [1.29, 1.82) is 0 Å². The van der Waals surface area contributed by atoms with E-state index >= 15 is 0 Å². The lowest BCUT2D eigenvalue weighted by Gasteiger charge is -2.02. The van der Waals surface area contributed by atoms with Gasteiger partial charge in [0.05, 0.1) is 0 Å². The molecule has 15 heavy (non-hydrogen) atoms. The molecule has 0 aliphatic rings. The van der Waals surface area contributed by atoms with E-state index in [4.69, 9.17) is 4.74 Å². The van der Waals surface area contributed by atoms with Gasteiger partial charge in [0.1, 0.15) is 12.0 Å². The van der Waals surface area contributed by atoms with Crippen LogP contribution in [0, 0.1) is 3.57 Å². The third kappa shape index (κ3) is 4.92. The van der Waals surface area contributed by atoms with Gasteiger partial charge in [-0.2, -0.15) is 0 Å². The maximum absolute atomic E-state index is 11.2. The molecular weight excluding hydrogens is 307 g/mol. The Morgan fingerprint density at radius 3 is 2.60 bits per heavy atom. The minimum atomic E-state index is -0.293. The van der Waals surface area contributed by atoms with Gasteiger partial charge in [-0.15, -0.1) is 0 Å². The molecule has 0 aliphatic carbocycles. The SMILES string of the molecule is O=CCCCC(=O)Oc1ccc(I)cc1. The summed E-state index contributed by atoms with van der Waals surface area (Å²) in [5.41, 5.74) is 0. The highest BCUT2D eigenvalue weighted by Gasteiger charge is 2.03. The second-order valence-corrected chi connectivity index (χ2v) is 4.23. The van der Waals surface area contributed by atoms with Gasteiger partial charge >= 0.3 is 5.97 Å². The van der Waals surface area contributed by atoms with Gasteiger partial charge in [-0.1, -0.05) is 0 Å². The van der Waals surface area contributed by atoms with Crippen LogP contribution in [0.25, 0.3) is 0 Å². The Balaban J connectivity index is 2.37. The number of ether oxygens (including phenoxy) is 1. The average molecular weight is 318 g/mol. The van der Waals surface area contributed by atoms with Gasteiger partial charge < -0.3 is 9.53 Å². The summed E-state index contributed by atoms with van der Waals surface area (Å²) in [5, 5.41) is 0. The Morgan fingerprint density at radius 1 is 1.33 bits per heavy atom. The van der Waals surface area contributed by atoms with E-state index in [1.165, 1.54) is 0 Å². The summed E-state index contributed by atoms with van der Waals surface area (Å²) < 4.78 is 6.15. The van der Waals surface area contributed by atoms with Crippen LogP contribution in [-0.2, 0) is 9.59 Å². The molecule has 0 aliphatic heterocycles. The van der Waals surface area contributed by atoms with Gasteiger partial charge in [0.25, 0.3) is 0 Å². The van der Waals surface area contributed by atoms with E-state index < -0.39 is 0 Å². The molecule has 0 radical (unpaired) electrons. The first-order valence-corrected chi connectivity index (χ1v) is 5.70. The first kappa shape index (κ1) is 12.2. The van der Waals surface area contributed by atoms with Crippen molar-refractivity contribution in [2.24, 2.45) is 0 Å². The highest BCUT2D eigenvalue weighted by atomic mass is 127. The number of esters is 1. The monoisotopic (exact) mass is 318 g/mol. The summed E-state index contributed by atoms with van der Waals surface area (Å²) >= 11 is 2.18. The van der Waals surface area contributed by atoms with E-state index in [1.54, 1.807) is 12.1 Å². The maximum atomic E-state index is 11.2. The molecule has 0 atom stereocenters. The standard InChI is InChI=1S/C11H11IO3/c12-9-4-6-10(7-5-9)15-11(14)3-1-2-8-13/h4-8H,1-3H2. The Labute approximate surface area is 102 Å². The van der Waals surface area contributed by atoms with Crippen LogP contribution in [0.3, 0.4) is 0 Å². The molecule has 0 aromatic heterocycles. The minimum Gasteiger partial charge on any atom is -0.427 e. The lowest BCUT2D eigenvalue weighted by atomic mass is 10.2. The fraction of sp³-hybridized carbons (Fsp3) is 0.273. The second-order valence-electron chi connectivity index (χ2n) is 2.99. The van der Waals surface area contributed by atoms with Crippen molar-refractivity contribution in [2.45, 2.75) is 19.3 Å². The molecule has 1 aromatic rings. The molecule has 0 unspecified atom stereocenters. The molecule has 0 bridgehead atoms. The number of carbonyl (C=O) groups is 2. The summed E-state index contributed by atoms with van der Waals surface area (Å²) in [7, 11) is 0. The van der Waals surface area contributed by atoms with Gasteiger partial charge in [0.2, 0.25) is 0 Å². The average Bonchev–Trinajstić information content (AvgIpc) is 2.22. The maximum Gasteiger partial charge on any atom is 0.311 e. The van der Waals surface area contributed by atoms with Crippen LogP contribution >= 0.6 is 22.6 Å². The Kier molecular flexibility index (Phi) is 5.31. The fourth-order valence-corrected chi connectivity index (χ4v) is 1.37. The Morgan fingerprint density at radius 2 is 2.00 bits per heavy atom. The molecule has 1 aromatic carbocycles. The number of rotatable bonds is 5. The third-order valence-electron chi connectivity index (χ3n) is 1.75. The van der Waals surface area contributed by atoms with Crippen LogP contribution in [0.1, 0.15) is 19.3 Å². The van der Waals surface area contributed by atoms with Crippen LogP contribution in [0.5, 0.6) is 5.75 Å².